The average molecular weight is 482 g/mol. The molecule has 0 bridgehead atoms. The highest BCUT2D eigenvalue weighted by Gasteiger charge is 2.32. The number of ether oxygens (including phenoxy) is 1. The molecular formula is C24H33F2N3O5. The van der Waals surface area contributed by atoms with Gasteiger partial charge < -0.3 is 36.4 Å². The fourth-order valence-corrected chi connectivity index (χ4v) is 3.31. The van der Waals surface area contributed by atoms with Gasteiger partial charge in [-0.3, -0.25) is 0 Å². The predicted octanol–water partition coefficient (Wildman–Crippen LogP) is 3.15. The van der Waals surface area contributed by atoms with Gasteiger partial charge in [0.05, 0.1) is 6.10 Å². The molecule has 0 fully saturated rings. The maximum atomic E-state index is 14.3. The molecule has 34 heavy (non-hydrogen) atoms. The molecule has 0 saturated carbocycles. The number of alkyl halides is 2. The van der Waals surface area contributed by atoms with Crippen LogP contribution in [0.2, 0.25) is 0 Å². The molecule has 10 heteroatoms. The van der Waals surface area contributed by atoms with Crippen molar-refractivity contribution in [2.45, 2.75) is 44.0 Å². The van der Waals surface area contributed by atoms with Crippen molar-refractivity contribution in [1.82, 2.24) is 5.32 Å². The highest BCUT2D eigenvalue weighted by Crippen LogP contribution is 2.30. The molecule has 2 aromatic carbocycles. The Morgan fingerprint density at radius 1 is 1.00 bits per heavy atom. The lowest BCUT2D eigenvalue weighted by atomic mass is 10.1. The predicted molar refractivity (Wildman–Crippen MR) is 124 cm³/mol. The number of hydrogen-bond donors (Lipinski definition) is 6. The summed E-state index contributed by atoms with van der Waals surface area (Å²) in [4.78, 5) is 10.9. The normalized spacial score (nSPS) is 12.6. The molecule has 0 spiro atoms. The largest absolute Gasteiger partial charge is 0.387 e. The first-order valence-electron chi connectivity index (χ1n) is 11.2. The average Bonchev–Trinajstić information content (AvgIpc) is 2.80. The summed E-state index contributed by atoms with van der Waals surface area (Å²) in [6.07, 6.45) is 1.02. The number of aliphatic hydroxyl groups excluding tert-OH is 2. The van der Waals surface area contributed by atoms with Crippen LogP contribution in [0.4, 0.5) is 19.3 Å². The van der Waals surface area contributed by atoms with E-state index in [9.17, 15) is 18.7 Å². The summed E-state index contributed by atoms with van der Waals surface area (Å²) < 4.78 is 33.8. The number of unbranched alkanes of at least 4 members (excludes halogenated alkanes) is 3. The summed E-state index contributed by atoms with van der Waals surface area (Å²) in [5.74, 6) is -3.18. The van der Waals surface area contributed by atoms with Gasteiger partial charge in [0.25, 0.3) is 5.92 Å². The van der Waals surface area contributed by atoms with E-state index in [-0.39, 0.29) is 17.9 Å². The van der Waals surface area contributed by atoms with Crippen LogP contribution in [0, 0.1) is 0 Å². The van der Waals surface area contributed by atoms with Crippen molar-refractivity contribution in [3.8, 4) is 0 Å². The summed E-state index contributed by atoms with van der Waals surface area (Å²) >= 11 is 0. The van der Waals surface area contributed by atoms with E-state index in [1.807, 2.05) is 0 Å². The number of aliphatic hydroxyl groups is 3. The number of anilines is 1. The zero-order valence-electron chi connectivity index (χ0n) is 18.9. The number of rotatable bonds is 15. The lowest BCUT2D eigenvalue weighted by molar-refractivity contribution is -0.0831. The second kappa shape index (κ2) is 13.9. The van der Waals surface area contributed by atoms with Gasteiger partial charge in [0, 0.05) is 30.0 Å². The van der Waals surface area contributed by atoms with Gasteiger partial charge in [-0.05, 0) is 37.1 Å². The molecule has 1 atom stereocenters. The van der Waals surface area contributed by atoms with E-state index in [1.54, 1.807) is 24.3 Å². The van der Waals surface area contributed by atoms with Gasteiger partial charge in [0.15, 0.2) is 6.29 Å². The minimum Gasteiger partial charge on any atom is -0.387 e. The molecule has 7 N–H and O–H groups in total. The van der Waals surface area contributed by atoms with Gasteiger partial charge in [0.2, 0.25) is 0 Å². The standard InChI is InChI=1S/C24H33F2N3O5/c25-24(26,19-6-5-7-20(14-19)29-23(27)33)16-34-13-4-2-1-3-12-28-15-21(30)17-8-10-18(11-9-17)22(31)32/h5-11,14,21-22,28,30-32H,1-4,12-13,15-16H2,(H3,27,29,33). The summed E-state index contributed by atoms with van der Waals surface area (Å²) in [7, 11) is 0. The molecule has 0 aliphatic carbocycles. The van der Waals surface area contributed by atoms with Crippen LogP contribution in [0.25, 0.3) is 0 Å². The summed E-state index contributed by atoms with van der Waals surface area (Å²) in [5, 5.41) is 33.8. The highest BCUT2D eigenvalue weighted by atomic mass is 19.3. The summed E-state index contributed by atoms with van der Waals surface area (Å²) in [6.45, 7) is 0.554. The molecule has 2 rings (SSSR count). The van der Waals surface area contributed by atoms with Crippen molar-refractivity contribution >= 4 is 11.7 Å². The van der Waals surface area contributed by atoms with Gasteiger partial charge in [-0.25, -0.2) is 4.79 Å². The van der Waals surface area contributed by atoms with Crippen LogP contribution in [-0.2, 0) is 10.7 Å². The third kappa shape index (κ3) is 9.70. The fraction of sp³-hybridized carbons (Fsp3) is 0.458. The maximum Gasteiger partial charge on any atom is 0.316 e. The molecular weight excluding hydrogens is 448 g/mol. The first kappa shape index (κ1) is 27.6. The van der Waals surface area contributed by atoms with Crippen molar-refractivity contribution < 1.29 is 33.6 Å². The van der Waals surface area contributed by atoms with Crippen LogP contribution in [0.5, 0.6) is 0 Å². The second-order valence-corrected chi connectivity index (χ2v) is 8.00. The quantitative estimate of drug-likeness (QED) is 0.171. The first-order valence-corrected chi connectivity index (χ1v) is 11.2. The van der Waals surface area contributed by atoms with E-state index in [4.69, 9.17) is 20.7 Å². The molecule has 0 radical (unpaired) electrons. The first-order chi connectivity index (χ1) is 16.2. The molecule has 0 saturated heterocycles. The second-order valence-electron chi connectivity index (χ2n) is 8.00. The summed E-state index contributed by atoms with van der Waals surface area (Å²) in [5.41, 5.74) is 6.00. The number of amides is 2. The number of nitrogens with two attached hydrogens (primary N) is 1. The van der Waals surface area contributed by atoms with Crippen LogP contribution in [0.15, 0.2) is 48.5 Å². The Balaban J connectivity index is 1.54. The van der Waals surface area contributed by atoms with E-state index in [0.29, 0.717) is 30.6 Å². The summed E-state index contributed by atoms with van der Waals surface area (Å²) in [6, 6.07) is 10.9. The molecule has 2 aromatic rings. The van der Waals surface area contributed by atoms with Crippen molar-refractivity contribution in [2.75, 3.05) is 31.6 Å². The maximum absolute atomic E-state index is 14.3. The van der Waals surface area contributed by atoms with E-state index in [2.05, 4.69) is 10.6 Å². The monoisotopic (exact) mass is 481 g/mol. The van der Waals surface area contributed by atoms with Gasteiger partial charge in [0.1, 0.15) is 6.61 Å². The van der Waals surface area contributed by atoms with Gasteiger partial charge in [-0.15, -0.1) is 0 Å². The number of nitrogens with one attached hydrogen (secondary N) is 2. The van der Waals surface area contributed by atoms with E-state index < -0.39 is 31.0 Å². The smallest absolute Gasteiger partial charge is 0.316 e. The molecule has 1 unspecified atom stereocenters. The Morgan fingerprint density at radius 2 is 1.68 bits per heavy atom. The van der Waals surface area contributed by atoms with E-state index in [0.717, 1.165) is 19.3 Å². The van der Waals surface area contributed by atoms with Crippen molar-refractivity contribution in [3.63, 3.8) is 0 Å². The van der Waals surface area contributed by atoms with Gasteiger partial charge >= 0.3 is 6.03 Å². The molecule has 0 aliphatic rings. The van der Waals surface area contributed by atoms with Crippen LogP contribution in [0.1, 0.15) is 54.8 Å². The molecule has 8 nitrogen and oxygen atoms in total. The molecule has 188 valence electrons. The van der Waals surface area contributed by atoms with Gasteiger partial charge in [-0.2, -0.15) is 8.78 Å². The zero-order valence-corrected chi connectivity index (χ0v) is 18.9. The Morgan fingerprint density at radius 3 is 2.35 bits per heavy atom. The molecule has 0 heterocycles. The number of benzene rings is 2. The topological polar surface area (TPSA) is 137 Å². The number of urea groups is 1. The van der Waals surface area contributed by atoms with Crippen molar-refractivity contribution in [1.29, 1.82) is 0 Å². The van der Waals surface area contributed by atoms with Crippen molar-refractivity contribution in [3.05, 3.63) is 65.2 Å². The minimum absolute atomic E-state index is 0.199. The Kier molecular flexibility index (Phi) is 11.3. The minimum atomic E-state index is -3.18. The number of hydrogen-bond acceptors (Lipinski definition) is 6. The Labute approximate surface area is 197 Å². The van der Waals surface area contributed by atoms with Crippen molar-refractivity contribution in [2.24, 2.45) is 5.73 Å². The lowest BCUT2D eigenvalue weighted by Crippen LogP contribution is -2.23. The zero-order chi connectivity index (χ0) is 25.0. The van der Waals surface area contributed by atoms with E-state index in [1.165, 1.54) is 24.3 Å². The van der Waals surface area contributed by atoms with Gasteiger partial charge in [-0.1, -0.05) is 49.2 Å². The third-order valence-corrected chi connectivity index (χ3v) is 5.19. The SMILES string of the molecule is NC(=O)Nc1cccc(C(F)(F)COCCCCCCNCC(O)c2ccc(C(O)O)cc2)c1. The number of primary amides is 1. The highest BCUT2D eigenvalue weighted by molar-refractivity contribution is 5.87. The molecule has 0 aromatic heterocycles. The number of carbonyl (C=O) groups is 1. The van der Waals surface area contributed by atoms with Crippen LogP contribution < -0.4 is 16.4 Å². The number of halogens is 2. The van der Waals surface area contributed by atoms with Crippen LogP contribution >= 0.6 is 0 Å². The molecule has 2 amide bonds. The Bertz CT molecular complexity index is 881. The lowest BCUT2D eigenvalue weighted by Gasteiger charge is -2.18. The molecule has 0 aliphatic heterocycles. The number of carbonyl (C=O) groups excluding carboxylic acids is 1. The van der Waals surface area contributed by atoms with E-state index >= 15 is 0 Å². The van der Waals surface area contributed by atoms with Crippen LogP contribution in [-0.4, -0.2) is 47.7 Å². The van der Waals surface area contributed by atoms with Crippen LogP contribution in [0.3, 0.4) is 0 Å². The Hall–Kier alpha value is -2.63. The fourth-order valence-electron chi connectivity index (χ4n) is 3.31. The third-order valence-electron chi connectivity index (χ3n) is 5.19.